The number of amides is 3. The van der Waals surface area contributed by atoms with Gasteiger partial charge in [0.25, 0.3) is 0 Å². The van der Waals surface area contributed by atoms with Crippen molar-refractivity contribution in [2.24, 2.45) is 0 Å². The maximum Gasteiger partial charge on any atom is 0.411 e. The number of piperazine rings is 1. The van der Waals surface area contributed by atoms with Crippen LogP contribution in [0.15, 0.2) is 12.1 Å². The number of hydrogen-bond donors (Lipinski definition) is 1. The van der Waals surface area contributed by atoms with Crippen molar-refractivity contribution in [3.05, 3.63) is 28.4 Å². The van der Waals surface area contributed by atoms with Gasteiger partial charge in [0.1, 0.15) is 17.2 Å². The van der Waals surface area contributed by atoms with E-state index in [1.165, 1.54) is 9.80 Å². The highest BCUT2D eigenvalue weighted by atomic mass is 35.5. The van der Waals surface area contributed by atoms with Crippen LogP contribution in [0.5, 0.6) is 0 Å². The van der Waals surface area contributed by atoms with Crippen molar-refractivity contribution in [3.8, 4) is 0 Å². The third kappa shape index (κ3) is 7.73. The van der Waals surface area contributed by atoms with Crippen LogP contribution in [0.25, 0.3) is 10.9 Å². The summed E-state index contributed by atoms with van der Waals surface area (Å²) in [5.74, 6) is -0.254. The molecule has 12 heteroatoms. The van der Waals surface area contributed by atoms with Crippen LogP contribution >= 0.6 is 11.6 Å². The van der Waals surface area contributed by atoms with Gasteiger partial charge in [-0.15, -0.1) is 0 Å². The van der Waals surface area contributed by atoms with Crippen molar-refractivity contribution in [1.82, 2.24) is 24.5 Å². The summed E-state index contributed by atoms with van der Waals surface area (Å²) < 4.78 is 13.1. The normalized spacial score (nSPS) is 18.5. The van der Waals surface area contributed by atoms with Crippen molar-refractivity contribution in [3.63, 3.8) is 0 Å². The van der Waals surface area contributed by atoms with Gasteiger partial charge in [0.05, 0.1) is 28.8 Å². The minimum Gasteiger partial charge on any atom is -0.444 e. The van der Waals surface area contributed by atoms with E-state index in [0.29, 0.717) is 18.0 Å². The molecule has 11 nitrogen and oxygen atoms in total. The number of ether oxygens (including phenoxy) is 2. The van der Waals surface area contributed by atoms with Gasteiger partial charge in [-0.25, -0.2) is 9.59 Å². The monoisotopic (exact) mass is 619 g/mol. The van der Waals surface area contributed by atoms with E-state index >= 15 is 0 Å². The molecule has 1 N–H and O–H groups in total. The van der Waals surface area contributed by atoms with Crippen LogP contribution in [0.4, 0.5) is 9.59 Å². The number of aryl methyl sites for hydroxylation is 2. The van der Waals surface area contributed by atoms with E-state index in [1.807, 2.05) is 35.6 Å². The second-order valence-electron chi connectivity index (χ2n) is 13.6. The average Bonchev–Trinajstić information content (AvgIpc) is 3.67. The van der Waals surface area contributed by atoms with Crippen molar-refractivity contribution < 1.29 is 29.0 Å². The Bertz CT molecular complexity index is 1360. The highest BCUT2D eigenvalue weighted by Gasteiger charge is 2.46. The number of rotatable bonds is 7. The minimum atomic E-state index is -0.948. The summed E-state index contributed by atoms with van der Waals surface area (Å²) in [6.45, 7) is 15.5. The minimum absolute atomic E-state index is 0.00412. The molecule has 1 aromatic heterocycles. The van der Waals surface area contributed by atoms with Crippen LogP contribution in [0.1, 0.15) is 85.0 Å². The fourth-order valence-electron chi connectivity index (χ4n) is 5.49. The van der Waals surface area contributed by atoms with E-state index in [1.54, 1.807) is 41.5 Å². The highest BCUT2D eigenvalue weighted by Crippen LogP contribution is 2.39. The summed E-state index contributed by atoms with van der Waals surface area (Å²) in [5, 5.41) is 15.4. The number of nitrogens with zero attached hydrogens (tertiary/aromatic N) is 5. The zero-order valence-electron chi connectivity index (χ0n) is 26.6. The maximum atomic E-state index is 14.5. The molecule has 2 heterocycles. The van der Waals surface area contributed by atoms with E-state index in [-0.39, 0.29) is 44.2 Å². The molecule has 2 aromatic rings. The molecule has 2 aliphatic rings. The first-order chi connectivity index (χ1) is 20.0. The fourth-order valence-corrected chi connectivity index (χ4v) is 5.85. The van der Waals surface area contributed by atoms with Gasteiger partial charge in [0.2, 0.25) is 5.91 Å². The zero-order chi connectivity index (χ0) is 31.9. The predicted molar refractivity (Wildman–Crippen MR) is 164 cm³/mol. The van der Waals surface area contributed by atoms with Gasteiger partial charge in [-0.3, -0.25) is 14.4 Å². The Balaban J connectivity index is 1.69. The number of fused-ring (bicyclic) bond motifs is 1. The molecule has 1 aromatic carbocycles. The van der Waals surface area contributed by atoms with Gasteiger partial charge in [0.15, 0.2) is 0 Å². The van der Waals surface area contributed by atoms with E-state index < -0.39 is 29.4 Å². The number of carbonyl (C=O) groups is 3. The molecule has 1 unspecified atom stereocenters. The number of hydrogen-bond acceptors (Lipinski definition) is 7. The highest BCUT2D eigenvalue weighted by molar-refractivity contribution is 6.35. The van der Waals surface area contributed by atoms with E-state index in [9.17, 15) is 19.5 Å². The molecule has 43 heavy (non-hydrogen) atoms. The zero-order valence-corrected chi connectivity index (χ0v) is 27.4. The summed E-state index contributed by atoms with van der Waals surface area (Å²) in [6, 6.07) is 2.56. The molecule has 1 aliphatic heterocycles. The van der Waals surface area contributed by atoms with Gasteiger partial charge in [-0.1, -0.05) is 11.6 Å². The lowest BCUT2D eigenvalue weighted by molar-refractivity contribution is -0.142. The number of halogens is 1. The molecule has 3 amide bonds. The van der Waals surface area contributed by atoms with E-state index in [4.69, 9.17) is 21.1 Å². The lowest BCUT2D eigenvalue weighted by Gasteiger charge is -2.43. The summed E-state index contributed by atoms with van der Waals surface area (Å²) in [7, 11) is 0. The maximum absolute atomic E-state index is 14.5. The Labute approximate surface area is 259 Å². The first-order valence-electron chi connectivity index (χ1n) is 15.1. The lowest BCUT2D eigenvalue weighted by Crippen LogP contribution is -2.63. The summed E-state index contributed by atoms with van der Waals surface area (Å²) in [4.78, 5) is 45.7. The first kappa shape index (κ1) is 32.9. The number of aromatic nitrogens is 2. The van der Waals surface area contributed by atoms with Gasteiger partial charge >= 0.3 is 12.2 Å². The topological polar surface area (TPSA) is 117 Å². The molecule has 1 aliphatic carbocycles. The van der Waals surface area contributed by atoms with Gasteiger partial charge < -0.3 is 24.4 Å². The standard InChI is InChI=1S/C31H46ClN5O6/c1-19-26-23(32)16-21(17-24(26)36(33-19)12-9-15-38)20(2)37(22-10-11-22)27(39)25-18-34(28(40)42-30(3,4)5)13-14-35(25)29(41)43-31(6,7)8/h16-17,20,22,25,38H,9-15,18H2,1-8H3/t20?,25-/m1/s1. The second-order valence-corrected chi connectivity index (χ2v) is 14.0. The smallest absolute Gasteiger partial charge is 0.411 e. The number of aliphatic hydroxyl groups is 1. The largest absolute Gasteiger partial charge is 0.444 e. The van der Waals surface area contributed by atoms with Crippen molar-refractivity contribution >= 4 is 40.6 Å². The van der Waals surface area contributed by atoms with Crippen LogP contribution in [0.2, 0.25) is 5.02 Å². The molecule has 2 fully saturated rings. The van der Waals surface area contributed by atoms with Crippen molar-refractivity contribution in [2.75, 3.05) is 26.2 Å². The Morgan fingerprint density at radius 3 is 2.28 bits per heavy atom. The van der Waals surface area contributed by atoms with Crippen molar-refractivity contribution in [2.45, 2.75) is 111 Å². The molecule has 1 saturated carbocycles. The number of benzene rings is 1. The van der Waals surface area contributed by atoms with Crippen LogP contribution in [0.3, 0.4) is 0 Å². The fraction of sp³-hybridized carbons (Fsp3) is 0.677. The molecule has 0 bridgehead atoms. The van der Waals surface area contributed by atoms with Gasteiger partial charge in [0, 0.05) is 37.7 Å². The van der Waals surface area contributed by atoms with Crippen LogP contribution < -0.4 is 0 Å². The third-order valence-electron chi connectivity index (χ3n) is 7.57. The average molecular weight is 620 g/mol. The van der Waals surface area contributed by atoms with Crippen LogP contribution in [0, 0.1) is 6.92 Å². The second kappa shape index (κ2) is 12.5. The molecule has 2 atom stereocenters. The number of aliphatic hydroxyl groups excluding tert-OH is 1. The number of carbonyl (C=O) groups excluding carboxylic acids is 3. The molecule has 238 valence electrons. The SMILES string of the molecule is Cc1nn(CCCO)c2cc(C(C)N(C(=O)[C@H]3CN(C(=O)OC(C)(C)C)CCN3C(=O)OC(C)(C)C)C3CC3)cc(Cl)c12. The molecule has 1 saturated heterocycles. The van der Waals surface area contributed by atoms with Crippen molar-refractivity contribution in [1.29, 1.82) is 0 Å². The Morgan fingerprint density at radius 2 is 1.70 bits per heavy atom. The van der Waals surface area contributed by atoms with E-state index in [2.05, 4.69) is 5.10 Å². The molecule has 4 rings (SSSR count). The molecular formula is C31H46ClN5O6. The quantitative estimate of drug-likeness (QED) is 0.447. The third-order valence-corrected chi connectivity index (χ3v) is 7.87. The Kier molecular flexibility index (Phi) is 9.56. The van der Waals surface area contributed by atoms with E-state index in [0.717, 1.165) is 35.0 Å². The predicted octanol–water partition coefficient (Wildman–Crippen LogP) is 5.29. The first-order valence-corrected chi connectivity index (χ1v) is 15.5. The van der Waals surface area contributed by atoms with Gasteiger partial charge in [-0.2, -0.15) is 5.10 Å². The Morgan fingerprint density at radius 1 is 1.07 bits per heavy atom. The van der Waals surface area contributed by atoms with Gasteiger partial charge in [-0.05, 0) is 92.3 Å². The van der Waals surface area contributed by atoms with Crippen LogP contribution in [-0.2, 0) is 20.8 Å². The molecule has 0 spiro atoms. The molecule has 0 radical (unpaired) electrons. The van der Waals surface area contributed by atoms with Crippen LogP contribution in [-0.4, -0.2) is 97.2 Å². The summed E-state index contributed by atoms with van der Waals surface area (Å²) >= 11 is 6.79. The summed E-state index contributed by atoms with van der Waals surface area (Å²) in [6.07, 6.45) is 1.12. The molecular weight excluding hydrogens is 574 g/mol. The Hall–Kier alpha value is -3.05. The lowest BCUT2D eigenvalue weighted by atomic mass is 10.0. The summed E-state index contributed by atoms with van der Waals surface area (Å²) in [5.41, 5.74) is 1.02.